The minimum Gasteiger partial charge on any atom is -0.464 e. The molecule has 4 rings (SSSR count). The van der Waals surface area contributed by atoms with Crippen LogP contribution in [0.1, 0.15) is 22.5 Å². The van der Waals surface area contributed by atoms with E-state index in [2.05, 4.69) is 35.3 Å². The SMILES string of the molecule is Cc1ccc(C(Cl)c2ccc3[nH]c4ccccc4c3c2)o1. The largest absolute Gasteiger partial charge is 0.464 e. The van der Waals surface area contributed by atoms with Gasteiger partial charge in [-0.05, 0) is 42.8 Å². The summed E-state index contributed by atoms with van der Waals surface area (Å²) >= 11 is 6.56. The highest BCUT2D eigenvalue weighted by molar-refractivity contribution is 6.22. The molecule has 1 atom stereocenters. The van der Waals surface area contributed by atoms with Crippen molar-refractivity contribution in [3.63, 3.8) is 0 Å². The van der Waals surface area contributed by atoms with E-state index in [1.165, 1.54) is 10.8 Å². The van der Waals surface area contributed by atoms with Crippen molar-refractivity contribution < 1.29 is 4.42 Å². The van der Waals surface area contributed by atoms with Crippen molar-refractivity contribution in [1.29, 1.82) is 0 Å². The van der Waals surface area contributed by atoms with Gasteiger partial charge in [0.05, 0.1) is 0 Å². The maximum atomic E-state index is 6.56. The molecule has 2 heterocycles. The van der Waals surface area contributed by atoms with Crippen LogP contribution in [0.25, 0.3) is 21.8 Å². The first-order valence-corrected chi connectivity index (χ1v) is 7.37. The number of hydrogen-bond acceptors (Lipinski definition) is 1. The summed E-state index contributed by atoms with van der Waals surface area (Å²) in [5.74, 6) is 1.66. The second-order valence-corrected chi connectivity index (χ2v) is 5.72. The number of aromatic amines is 1. The molecule has 0 radical (unpaired) electrons. The van der Waals surface area contributed by atoms with E-state index in [1.807, 2.05) is 31.2 Å². The lowest BCUT2D eigenvalue weighted by atomic mass is 10.1. The first kappa shape index (κ1) is 12.5. The molecule has 0 amide bonds. The number of para-hydroxylation sites is 1. The lowest BCUT2D eigenvalue weighted by Crippen LogP contribution is -1.90. The van der Waals surface area contributed by atoms with Gasteiger partial charge in [-0.25, -0.2) is 0 Å². The molecule has 0 spiro atoms. The van der Waals surface area contributed by atoms with Crippen molar-refractivity contribution in [3.8, 4) is 0 Å². The Kier molecular flexibility index (Phi) is 2.79. The van der Waals surface area contributed by atoms with Crippen LogP contribution in [0, 0.1) is 6.92 Å². The van der Waals surface area contributed by atoms with E-state index in [1.54, 1.807) is 0 Å². The van der Waals surface area contributed by atoms with Crippen LogP contribution in [-0.4, -0.2) is 4.98 Å². The van der Waals surface area contributed by atoms with E-state index in [4.69, 9.17) is 16.0 Å². The maximum Gasteiger partial charge on any atom is 0.126 e. The molecule has 0 fully saturated rings. The summed E-state index contributed by atoms with van der Waals surface area (Å²) in [5.41, 5.74) is 3.31. The van der Waals surface area contributed by atoms with Crippen LogP contribution < -0.4 is 0 Å². The minimum absolute atomic E-state index is 0.267. The Labute approximate surface area is 127 Å². The third kappa shape index (κ3) is 2.03. The maximum absolute atomic E-state index is 6.56. The minimum atomic E-state index is -0.267. The zero-order valence-corrected chi connectivity index (χ0v) is 12.3. The van der Waals surface area contributed by atoms with Crippen molar-refractivity contribution in [3.05, 3.63) is 71.7 Å². The van der Waals surface area contributed by atoms with Gasteiger partial charge in [-0.2, -0.15) is 0 Å². The van der Waals surface area contributed by atoms with Gasteiger partial charge in [0.1, 0.15) is 16.9 Å². The summed E-state index contributed by atoms with van der Waals surface area (Å²) in [6.45, 7) is 1.93. The summed E-state index contributed by atoms with van der Waals surface area (Å²) in [6, 6.07) is 18.4. The predicted octanol–water partition coefficient (Wildman–Crippen LogP) is 5.55. The van der Waals surface area contributed by atoms with Crippen LogP contribution in [0.15, 0.2) is 59.0 Å². The second-order valence-electron chi connectivity index (χ2n) is 5.29. The molecule has 0 saturated carbocycles. The molecule has 1 unspecified atom stereocenters. The van der Waals surface area contributed by atoms with Gasteiger partial charge in [0.2, 0.25) is 0 Å². The Balaban J connectivity index is 1.88. The Morgan fingerprint density at radius 1 is 0.952 bits per heavy atom. The number of aryl methyl sites for hydroxylation is 1. The fourth-order valence-electron chi connectivity index (χ4n) is 2.78. The third-order valence-corrected chi connectivity index (χ3v) is 4.30. The highest BCUT2D eigenvalue weighted by Crippen LogP contribution is 2.34. The molecule has 0 aliphatic carbocycles. The van der Waals surface area contributed by atoms with Crippen molar-refractivity contribution in [2.45, 2.75) is 12.3 Å². The number of benzene rings is 2. The molecule has 0 saturated heterocycles. The van der Waals surface area contributed by atoms with E-state index in [0.717, 1.165) is 28.1 Å². The molecule has 21 heavy (non-hydrogen) atoms. The van der Waals surface area contributed by atoms with Gasteiger partial charge in [0.25, 0.3) is 0 Å². The van der Waals surface area contributed by atoms with E-state index in [-0.39, 0.29) is 5.38 Å². The van der Waals surface area contributed by atoms with Crippen LogP contribution >= 0.6 is 11.6 Å². The van der Waals surface area contributed by atoms with Gasteiger partial charge in [0.15, 0.2) is 0 Å². The summed E-state index contributed by atoms with van der Waals surface area (Å²) in [4.78, 5) is 3.42. The number of furan rings is 1. The van der Waals surface area contributed by atoms with Gasteiger partial charge in [-0.15, -0.1) is 11.6 Å². The van der Waals surface area contributed by atoms with E-state index in [9.17, 15) is 0 Å². The number of rotatable bonds is 2. The predicted molar refractivity (Wildman–Crippen MR) is 86.9 cm³/mol. The molecule has 2 aromatic heterocycles. The van der Waals surface area contributed by atoms with E-state index >= 15 is 0 Å². The standard InChI is InChI=1S/C18H14ClNO/c1-11-6-9-17(21-11)18(19)12-7-8-16-14(10-12)13-4-2-3-5-15(13)20-16/h2-10,18,20H,1H3. The molecule has 3 heteroatoms. The smallest absolute Gasteiger partial charge is 0.126 e. The van der Waals surface area contributed by atoms with Gasteiger partial charge >= 0.3 is 0 Å². The Morgan fingerprint density at radius 3 is 2.57 bits per heavy atom. The Morgan fingerprint density at radius 2 is 1.76 bits per heavy atom. The summed E-state index contributed by atoms with van der Waals surface area (Å²) in [5, 5.41) is 2.14. The number of alkyl halides is 1. The van der Waals surface area contributed by atoms with Gasteiger partial charge in [-0.3, -0.25) is 0 Å². The quantitative estimate of drug-likeness (QED) is 0.483. The fraction of sp³-hybridized carbons (Fsp3) is 0.111. The number of fused-ring (bicyclic) bond motifs is 3. The molecule has 104 valence electrons. The average molecular weight is 296 g/mol. The van der Waals surface area contributed by atoms with E-state index < -0.39 is 0 Å². The van der Waals surface area contributed by atoms with Gasteiger partial charge in [-0.1, -0.05) is 24.3 Å². The van der Waals surface area contributed by atoms with Crippen molar-refractivity contribution in [2.24, 2.45) is 0 Å². The average Bonchev–Trinajstić information content (AvgIpc) is 3.09. The number of halogens is 1. The summed E-state index contributed by atoms with van der Waals surface area (Å²) in [6.07, 6.45) is 0. The van der Waals surface area contributed by atoms with Gasteiger partial charge < -0.3 is 9.40 Å². The molecular formula is C18H14ClNO. The molecule has 0 bridgehead atoms. The summed E-state index contributed by atoms with van der Waals surface area (Å²) < 4.78 is 5.64. The van der Waals surface area contributed by atoms with E-state index in [0.29, 0.717) is 0 Å². The second kappa shape index (κ2) is 4.68. The molecule has 2 nitrogen and oxygen atoms in total. The normalized spacial score (nSPS) is 13.0. The molecule has 0 aliphatic rings. The van der Waals surface area contributed by atoms with Crippen molar-refractivity contribution in [1.82, 2.24) is 4.98 Å². The van der Waals surface area contributed by atoms with Crippen molar-refractivity contribution >= 4 is 33.4 Å². The number of aromatic nitrogens is 1. The fourth-order valence-corrected chi connectivity index (χ4v) is 3.03. The van der Waals surface area contributed by atoms with Crippen LogP contribution in [0.4, 0.5) is 0 Å². The Bertz CT molecular complexity index is 935. The first-order valence-electron chi connectivity index (χ1n) is 6.93. The highest BCUT2D eigenvalue weighted by atomic mass is 35.5. The highest BCUT2D eigenvalue weighted by Gasteiger charge is 2.15. The number of nitrogens with one attached hydrogen (secondary N) is 1. The van der Waals surface area contributed by atoms with Crippen LogP contribution in [0.5, 0.6) is 0 Å². The lowest BCUT2D eigenvalue weighted by Gasteiger charge is -2.07. The zero-order chi connectivity index (χ0) is 14.4. The topological polar surface area (TPSA) is 28.9 Å². The first-order chi connectivity index (χ1) is 10.2. The number of H-pyrrole nitrogens is 1. The molecule has 2 aromatic carbocycles. The monoisotopic (exact) mass is 295 g/mol. The van der Waals surface area contributed by atoms with Gasteiger partial charge in [0, 0.05) is 21.8 Å². The van der Waals surface area contributed by atoms with Crippen LogP contribution in [0.2, 0.25) is 0 Å². The molecule has 4 aromatic rings. The molecule has 0 aliphatic heterocycles. The zero-order valence-electron chi connectivity index (χ0n) is 11.6. The van der Waals surface area contributed by atoms with Crippen molar-refractivity contribution in [2.75, 3.05) is 0 Å². The molecule has 1 N–H and O–H groups in total. The van der Waals surface area contributed by atoms with Crippen LogP contribution in [0.3, 0.4) is 0 Å². The van der Waals surface area contributed by atoms with Crippen LogP contribution in [-0.2, 0) is 0 Å². The Hall–Kier alpha value is -2.19. The lowest BCUT2D eigenvalue weighted by molar-refractivity contribution is 0.489. The number of hydrogen-bond donors (Lipinski definition) is 1. The third-order valence-electron chi connectivity index (χ3n) is 3.83. The molecular weight excluding hydrogens is 282 g/mol. The summed E-state index contributed by atoms with van der Waals surface area (Å²) in [7, 11) is 0.